The van der Waals surface area contributed by atoms with Crippen molar-refractivity contribution >= 4 is 24.0 Å². The minimum atomic E-state index is 0. The van der Waals surface area contributed by atoms with Gasteiger partial charge in [-0.1, -0.05) is 35.9 Å². The number of aromatic hydroxyl groups is 1. The number of hydrogen-bond donors (Lipinski definition) is 1. The molecule has 24 heavy (non-hydrogen) atoms. The van der Waals surface area contributed by atoms with E-state index in [0.717, 1.165) is 36.4 Å². The van der Waals surface area contributed by atoms with Gasteiger partial charge in [0.05, 0.1) is 0 Å². The van der Waals surface area contributed by atoms with Gasteiger partial charge in [0, 0.05) is 23.0 Å². The van der Waals surface area contributed by atoms with Crippen LogP contribution in [0.5, 0.6) is 5.75 Å². The first-order valence-electron chi connectivity index (χ1n) is 8.30. The maximum Gasteiger partial charge on any atom is 0.118 e. The van der Waals surface area contributed by atoms with Crippen molar-refractivity contribution in [2.24, 2.45) is 0 Å². The molecule has 4 heteroatoms. The number of phenolic OH excluding ortho intramolecular Hbond substituents is 1. The van der Waals surface area contributed by atoms with Crippen LogP contribution in [0.1, 0.15) is 41.1 Å². The molecule has 1 heterocycles. The summed E-state index contributed by atoms with van der Waals surface area (Å²) in [5.41, 5.74) is 4.96. The smallest absolute Gasteiger partial charge is 0.118 e. The van der Waals surface area contributed by atoms with E-state index in [1.807, 2.05) is 25.1 Å². The van der Waals surface area contributed by atoms with Crippen molar-refractivity contribution in [3.8, 4) is 5.75 Å². The maximum atomic E-state index is 10.2. The number of hydrogen-bond acceptors (Lipinski definition) is 2. The Balaban J connectivity index is 0.00000169. The highest BCUT2D eigenvalue weighted by Gasteiger charge is 2.54. The second-order valence-corrected chi connectivity index (χ2v) is 7.51. The molecule has 0 spiro atoms. The van der Waals surface area contributed by atoms with Crippen LogP contribution in [0.4, 0.5) is 0 Å². The van der Waals surface area contributed by atoms with Gasteiger partial charge in [0.25, 0.3) is 0 Å². The number of likely N-dealkylation sites (N-methyl/N-ethyl adjacent to an activating group) is 1. The van der Waals surface area contributed by atoms with E-state index in [-0.39, 0.29) is 23.9 Å². The van der Waals surface area contributed by atoms with E-state index in [1.165, 1.54) is 16.7 Å². The molecule has 1 aliphatic heterocycles. The van der Waals surface area contributed by atoms with Gasteiger partial charge < -0.3 is 5.11 Å². The number of halogens is 2. The summed E-state index contributed by atoms with van der Waals surface area (Å²) in [6, 6.07) is 12.7. The molecule has 2 aromatic carbocycles. The van der Waals surface area contributed by atoms with E-state index in [9.17, 15) is 5.11 Å². The molecule has 2 aromatic rings. The lowest BCUT2D eigenvalue weighted by atomic mass is 9.78. The molecule has 1 aliphatic carbocycles. The fourth-order valence-electron chi connectivity index (χ4n) is 4.32. The molecule has 4 rings (SSSR count). The molecule has 2 nitrogen and oxygen atoms in total. The zero-order valence-corrected chi connectivity index (χ0v) is 15.6. The average Bonchev–Trinajstić information content (AvgIpc) is 3.30. The van der Waals surface area contributed by atoms with Gasteiger partial charge in [0.15, 0.2) is 0 Å². The van der Waals surface area contributed by atoms with Crippen LogP contribution in [0.3, 0.4) is 0 Å². The normalized spacial score (nSPS) is 21.7. The average molecular weight is 364 g/mol. The van der Waals surface area contributed by atoms with Crippen molar-refractivity contribution in [1.82, 2.24) is 4.90 Å². The molecule has 1 N–H and O–H groups in total. The van der Waals surface area contributed by atoms with E-state index >= 15 is 0 Å². The van der Waals surface area contributed by atoms with Crippen molar-refractivity contribution < 1.29 is 5.11 Å². The van der Waals surface area contributed by atoms with E-state index in [1.54, 1.807) is 0 Å². The highest BCUT2D eigenvalue weighted by molar-refractivity contribution is 6.31. The minimum absolute atomic E-state index is 0. The molecule has 1 unspecified atom stereocenters. The highest BCUT2D eigenvalue weighted by atomic mass is 35.5. The first-order chi connectivity index (χ1) is 11.0. The summed E-state index contributed by atoms with van der Waals surface area (Å²) in [7, 11) is 2.20. The molecule has 2 aliphatic rings. The molecule has 0 amide bonds. The second-order valence-electron chi connectivity index (χ2n) is 7.11. The van der Waals surface area contributed by atoms with Gasteiger partial charge in [-0.25, -0.2) is 0 Å². The molecular weight excluding hydrogens is 341 g/mol. The maximum absolute atomic E-state index is 10.2. The van der Waals surface area contributed by atoms with Gasteiger partial charge >= 0.3 is 0 Å². The van der Waals surface area contributed by atoms with E-state index in [4.69, 9.17) is 11.6 Å². The van der Waals surface area contributed by atoms with Crippen molar-refractivity contribution in [2.75, 3.05) is 13.6 Å². The third-order valence-electron chi connectivity index (χ3n) is 5.65. The monoisotopic (exact) mass is 363 g/mol. The van der Waals surface area contributed by atoms with Crippen molar-refractivity contribution in [3.05, 3.63) is 63.7 Å². The molecule has 0 radical (unpaired) electrons. The summed E-state index contributed by atoms with van der Waals surface area (Å²) in [5.74, 6) is 0.402. The number of benzene rings is 2. The van der Waals surface area contributed by atoms with E-state index in [0.29, 0.717) is 5.75 Å². The minimum Gasteiger partial charge on any atom is -0.508 e. The molecule has 1 atom stereocenters. The Morgan fingerprint density at radius 3 is 2.58 bits per heavy atom. The Hall–Kier alpha value is -1.22. The van der Waals surface area contributed by atoms with Crippen molar-refractivity contribution in [3.63, 3.8) is 0 Å². The Labute approximate surface area is 154 Å². The van der Waals surface area contributed by atoms with Crippen molar-refractivity contribution in [1.29, 1.82) is 0 Å². The van der Waals surface area contributed by atoms with Crippen LogP contribution >= 0.6 is 24.0 Å². The molecule has 128 valence electrons. The summed E-state index contributed by atoms with van der Waals surface area (Å²) in [5, 5.41) is 11.1. The summed E-state index contributed by atoms with van der Waals surface area (Å²) in [6.07, 6.45) is 3.35. The van der Waals surface area contributed by atoms with Gasteiger partial charge in [-0.05, 0) is 67.6 Å². The molecular formula is C20H23Cl2NO. The van der Waals surface area contributed by atoms with Gasteiger partial charge in [-0.2, -0.15) is 0 Å². The standard InChI is InChI=1S/C20H22ClNO.ClH/c1-13-11-14-7-10-22(2)19(15(14)12-18(13)23)20(8-9-20)16-5-3-4-6-17(16)21;/h3-6,11-12,19,23H,7-10H2,1-2H3;1H. The SMILES string of the molecule is Cc1cc2c(cc1O)C(C1(c3ccccc3Cl)CC1)N(C)CC2.Cl. The molecule has 0 saturated heterocycles. The lowest BCUT2D eigenvalue weighted by Crippen LogP contribution is -2.39. The number of phenols is 1. The number of aryl methyl sites for hydroxylation is 1. The van der Waals surface area contributed by atoms with Gasteiger partial charge in [0.1, 0.15) is 5.75 Å². The zero-order chi connectivity index (χ0) is 16.2. The molecule has 1 saturated carbocycles. The lowest BCUT2D eigenvalue weighted by Gasteiger charge is -2.41. The number of rotatable bonds is 2. The predicted molar refractivity (Wildman–Crippen MR) is 102 cm³/mol. The van der Waals surface area contributed by atoms with Gasteiger partial charge in [-0.3, -0.25) is 4.90 Å². The zero-order valence-electron chi connectivity index (χ0n) is 14.1. The fourth-order valence-corrected chi connectivity index (χ4v) is 4.64. The van der Waals surface area contributed by atoms with Crippen LogP contribution in [-0.4, -0.2) is 23.6 Å². The van der Waals surface area contributed by atoms with Crippen LogP contribution in [0.2, 0.25) is 5.02 Å². The predicted octanol–water partition coefficient (Wildman–Crippen LogP) is 5.04. The van der Waals surface area contributed by atoms with Crippen molar-refractivity contribution in [2.45, 2.75) is 37.6 Å². The molecule has 0 bridgehead atoms. The van der Waals surface area contributed by atoms with Crippen LogP contribution in [0.25, 0.3) is 0 Å². The van der Waals surface area contributed by atoms with Crippen LogP contribution in [0.15, 0.2) is 36.4 Å². The topological polar surface area (TPSA) is 23.5 Å². The van der Waals surface area contributed by atoms with Crippen LogP contribution in [0, 0.1) is 6.92 Å². The fraction of sp³-hybridized carbons (Fsp3) is 0.400. The second kappa shape index (κ2) is 6.25. The van der Waals surface area contributed by atoms with Gasteiger partial charge in [0.2, 0.25) is 0 Å². The summed E-state index contributed by atoms with van der Waals surface area (Å²) in [6.45, 7) is 3.03. The molecule has 0 aromatic heterocycles. The largest absolute Gasteiger partial charge is 0.508 e. The first kappa shape index (κ1) is 17.6. The Kier molecular flexibility index (Phi) is 4.59. The molecule has 1 fully saturated rings. The summed E-state index contributed by atoms with van der Waals surface area (Å²) < 4.78 is 0. The quantitative estimate of drug-likeness (QED) is 0.807. The Morgan fingerprint density at radius 1 is 1.21 bits per heavy atom. The van der Waals surface area contributed by atoms with E-state index in [2.05, 4.69) is 30.1 Å². The van der Waals surface area contributed by atoms with Gasteiger partial charge in [-0.15, -0.1) is 12.4 Å². The number of nitrogens with zero attached hydrogens (tertiary/aromatic N) is 1. The summed E-state index contributed by atoms with van der Waals surface area (Å²) >= 11 is 6.53. The lowest BCUT2D eigenvalue weighted by molar-refractivity contribution is 0.187. The van der Waals surface area contributed by atoms with Crippen LogP contribution < -0.4 is 0 Å². The first-order valence-corrected chi connectivity index (χ1v) is 8.68. The van der Waals surface area contributed by atoms with Crippen LogP contribution in [-0.2, 0) is 11.8 Å². The third kappa shape index (κ3) is 2.61. The van der Waals surface area contributed by atoms with E-state index < -0.39 is 0 Å². The third-order valence-corrected chi connectivity index (χ3v) is 5.98. The summed E-state index contributed by atoms with van der Waals surface area (Å²) in [4.78, 5) is 2.44. The number of fused-ring (bicyclic) bond motifs is 1. The Bertz CT molecular complexity index is 770. The highest BCUT2D eigenvalue weighted by Crippen LogP contribution is 2.61. The Morgan fingerprint density at radius 2 is 1.92 bits per heavy atom.